The Bertz CT molecular complexity index is 443. The molecule has 3 heteroatoms. The molecule has 2 nitrogen and oxygen atoms in total. The van der Waals surface area contributed by atoms with Crippen LogP contribution >= 0.6 is 15.9 Å². The zero-order valence-corrected chi connectivity index (χ0v) is 13.9. The lowest BCUT2D eigenvalue weighted by molar-refractivity contribution is 0.101. The van der Waals surface area contributed by atoms with Crippen LogP contribution in [0.1, 0.15) is 62.9 Å². The smallest absolute Gasteiger partial charge is 0.160 e. The van der Waals surface area contributed by atoms with Gasteiger partial charge in [0, 0.05) is 21.8 Å². The number of hydrogen-bond donors (Lipinski definition) is 1. The van der Waals surface area contributed by atoms with Crippen molar-refractivity contribution in [1.29, 1.82) is 0 Å². The molecule has 1 aromatic carbocycles. The minimum atomic E-state index is 0.129. The lowest BCUT2D eigenvalue weighted by atomic mass is 10.0. The van der Waals surface area contributed by atoms with E-state index in [1.165, 1.54) is 6.42 Å². The number of nitrogens with one attached hydrogen (secondary N) is 1. The minimum absolute atomic E-state index is 0.129. The van der Waals surface area contributed by atoms with Crippen molar-refractivity contribution >= 4 is 27.4 Å². The lowest BCUT2D eigenvalue weighted by Crippen LogP contribution is -2.18. The Kier molecular flexibility index (Phi) is 6.56. The summed E-state index contributed by atoms with van der Waals surface area (Å²) in [6.07, 6.45) is 4.27. The average molecular weight is 326 g/mol. The second-order valence-electron chi connectivity index (χ2n) is 4.93. The Morgan fingerprint density at radius 3 is 2.47 bits per heavy atom. The van der Waals surface area contributed by atoms with Gasteiger partial charge in [-0.25, -0.2) is 0 Å². The van der Waals surface area contributed by atoms with Gasteiger partial charge in [-0.3, -0.25) is 4.79 Å². The van der Waals surface area contributed by atoms with Gasteiger partial charge in [-0.15, -0.1) is 0 Å². The molecule has 0 spiro atoms. The Labute approximate surface area is 125 Å². The highest BCUT2D eigenvalue weighted by atomic mass is 79.9. The summed E-state index contributed by atoms with van der Waals surface area (Å²) in [6, 6.07) is 4.55. The topological polar surface area (TPSA) is 29.1 Å². The molecule has 1 aromatic rings. The van der Waals surface area contributed by atoms with Crippen LogP contribution in [-0.2, 0) is 6.42 Å². The van der Waals surface area contributed by atoms with Crippen LogP contribution in [0, 0.1) is 0 Å². The van der Waals surface area contributed by atoms with Crippen LogP contribution < -0.4 is 5.32 Å². The van der Waals surface area contributed by atoms with E-state index in [0.717, 1.165) is 40.5 Å². The predicted molar refractivity (Wildman–Crippen MR) is 86.1 cm³/mol. The van der Waals surface area contributed by atoms with Crippen LogP contribution in [0.3, 0.4) is 0 Å². The molecule has 0 saturated heterocycles. The lowest BCUT2D eigenvalue weighted by Gasteiger charge is -2.19. The van der Waals surface area contributed by atoms with E-state index in [0.29, 0.717) is 6.04 Å². The molecule has 0 aliphatic carbocycles. The van der Waals surface area contributed by atoms with Crippen molar-refractivity contribution in [3.05, 3.63) is 27.7 Å². The van der Waals surface area contributed by atoms with Crippen molar-refractivity contribution in [1.82, 2.24) is 0 Å². The molecular weight excluding hydrogens is 302 g/mol. The van der Waals surface area contributed by atoms with Crippen LogP contribution in [0.25, 0.3) is 0 Å². The van der Waals surface area contributed by atoms with Gasteiger partial charge in [0.05, 0.1) is 0 Å². The van der Waals surface area contributed by atoms with Crippen LogP contribution in [0.4, 0.5) is 5.69 Å². The standard InChI is InChI=1S/C16H24BrNO/c1-5-8-12(6-2)18-13-9-15(11(4)19)14(7-3)16(17)10-13/h9-10,12,18H,5-8H2,1-4H3. The van der Waals surface area contributed by atoms with E-state index in [1.807, 2.05) is 6.07 Å². The molecule has 0 fully saturated rings. The molecule has 106 valence electrons. The molecule has 0 saturated carbocycles. The fourth-order valence-corrected chi connectivity index (χ4v) is 3.10. The third-order valence-corrected chi connectivity index (χ3v) is 4.14. The summed E-state index contributed by atoms with van der Waals surface area (Å²) in [5.74, 6) is 0.129. The molecule has 1 unspecified atom stereocenters. The van der Waals surface area contributed by atoms with Crippen molar-refractivity contribution in [2.24, 2.45) is 0 Å². The van der Waals surface area contributed by atoms with Gasteiger partial charge in [0.2, 0.25) is 0 Å². The molecule has 0 heterocycles. The van der Waals surface area contributed by atoms with Crippen molar-refractivity contribution in [2.45, 2.75) is 59.4 Å². The fourth-order valence-electron chi connectivity index (χ4n) is 2.36. The monoisotopic (exact) mass is 325 g/mol. The van der Waals surface area contributed by atoms with Gasteiger partial charge in [-0.05, 0) is 43.9 Å². The van der Waals surface area contributed by atoms with Crippen LogP contribution in [-0.4, -0.2) is 11.8 Å². The summed E-state index contributed by atoms with van der Waals surface area (Å²) in [5.41, 5.74) is 2.96. The fraction of sp³-hybridized carbons (Fsp3) is 0.562. The number of halogens is 1. The first kappa shape index (κ1) is 16.2. The predicted octanol–water partition coefficient (Wildman–Crippen LogP) is 5.20. The molecule has 1 N–H and O–H groups in total. The van der Waals surface area contributed by atoms with Crippen LogP contribution in [0.2, 0.25) is 0 Å². The number of carbonyl (C=O) groups excluding carboxylic acids is 1. The second-order valence-corrected chi connectivity index (χ2v) is 5.79. The molecular formula is C16H24BrNO. The van der Waals surface area contributed by atoms with Crippen LogP contribution in [0.5, 0.6) is 0 Å². The van der Waals surface area contributed by atoms with E-state index in [2.05, 4.69) is 48.1 Å². The molecule has 19 heavy (non-hydrogen) atoms. The van der Waals surface area contributed by atoms with Crippen molar-refractivity contribution in [3.8, 4) is 0 Å². The SMILES string of the molecule is CCCC(CC)Nc1cc(Br)c(CC)c(C(C)=O)c1. The summed E-state index contributed by atoms with van der Waals surface area (Å²) in [5, 5.41) is 3.53. The maximum Gasteiger partial charge on any atom is 0.160 e. The van der Waals surface area contributed by atoms with E-state index in [1.54, 1.807) is 6.92 Å². The maximum atomic E-state index is 11.8. The summed E-state index contributed by atoms with van der Waals surface area (Å²) >= 11 is 3.59. The quantitative estimate of drug-likeness (QED) is 0.697. The summed E-state index contributed by atoms with van der Waals surface area (Å²) in [4.78, 5) is 11.8. The van der Waals surface area contributed by atoms with Gasteiger partial charge in [0.25, 0.3) is 0 Å². The third kappa shape index (κ3) is 4.34. The maximum absolute atomic E-state index is 11.8. The second kappa shape index (κ2) is 7.68. The average Bonchev–Trinajstić information content (AvgIpc) is 2.37. The van der Waals surface area contributed by atoms with Crippen LogP contribution in [0.15, 0.2) is 16.6 Å². The number of benzene rings is 1. The third-order valence-electron chi connectivity index (χ3n) is 3.43. The van der Waals surface area contributed by atoms with E-state index in [4.69, 9.17) is 0 Å². The van der Waals surface area contributed by atoms with E-state index in [9.17, 15) is 4.79 Å². The van der Waals surface area contributed by atoms with Crippen molar-refractivity contribution in [2.75, 3.05) is 5.32 Å². The van der Waals surface area contributed by atoms with Gasteiger partial charge in [0.1, 0.15) is 0 Å². The normalized spacial score (nSPS) is 12.3. The summed E-state index contributed by atoms with van der Waals surface area (Å²) in [7, 11) is 0. The number of hydrogen-bond acceptors (Lipinski definition) is 2. The number of Topliss-reactive ketones (excluding diaryl/α,β-unsaturated/α-hetero) is 1. The molecule has 0 bridgehead atoms. The van der Waals surface area contributed by atoms with Gasteiger partial charge < -0.3 is 5.32 Å². The Morgan fingerprint density at radius 1 is 1.32 bits per heavy atom. The van der Waals surface area contributed by atoms with Crippen molar-refractivity contribution < 1.29 is 4.79 Å². The first-order chi connectivity index (χ1) is 9.03. The first-order valence-corrected chi connectivity index (χ1v) is 7.92. The molecule has 0 aliphatic rings. The number of anilines is 1. The molecule has 0 aromatic heterocycles. The highest BCUT2D eigenvalue weighted by Crippen LogP contribution is 2.27. The zero-order valence-electron chi connectivity index (χ0n) is 12.3. The number of carbonyl (C=O) groups is 1. The van der Waals surface area contributed by atoms with E-state index < -0.39 is 0 Å². The summed E-state index contributed by atoms with van der Waals surface area (Å²) < 4.78 is 1.02. The van der Waals surface area contributed by atoms with E-state index >= 15 is 0 Å². The van der Waals surface area contributed by atoms with Gasteiger partial charge in [-0.2, -0.15) is 0 Å². The molecule has 0 amide bonds. The zero-order chi connectivity index (χ0) is 14.4. The Balaban J connectivity index is 3.06. The van der Waals surface area contributed by atoms with Gasteiger partial charge in [-0.1, -0.05) is 43.1 Å². The van der Waals surface area contributed by atoms with E-state index in [-0.39, 0.29) is 5.78 Å². The van der Waals surface area contributed by atoms with Crippen molar-refractivity contribution in [3.63, 3.8) is 0 Å². The molecule has 0 radical (unpaired) electrons. The first-order valence-electron chi connectivity index (χ1n) is 7.13. The highest BCUT2D eigenvalue weighted by Gasteiger charge is 2.13. The largest absolute Gasteiger partial charge is 0.382 e. The minimum Gasteiger partial charge on any atom is -0.382 e. The number of ketones is 1. The number of rotatable bonds is 7. The van der Waals surface area contributed by atoms with Gasteiger partial charge in [0.15, 0.2) is 5.78 Å². The Morgan fingerprint density at radius 2 is 2.00 bits per heavy atom. The molecule has 1 atom stereocenters. The van der Waals surface area contributed by atoms with Gasteiger partial charge >= 0.3 is 0 Å². The highest BCUT2D eigenvalue weighted by molar-refractivity contribution is 9.10. The molecule has 0 aliphatic heterocycles. The Hall–Kier alpha value is -0.830. The summed E-state index contributed by atoms with van der Waals surface area (Å²) in [6.45, 7) is 8.09. The molecule has 1 rings (SSSR count).